The highest BCUT2D eigenvalue weighted by atomic mass is 15.1. The molecule has 62 valence electrons. The maximum absolute atomic E-state index is 2.42. The van der Waals surface area contributed by atoms with E-state index in [1.165, 1.54) is 13.0 Å². The van der Waals surface area contributed by atoms with Crippen molar-refractivity contribution < 1.29 is 0 Å². The van der Waals surface area contributed by atoms with Gasteiger partial charge in [-0.05, 0) is 32.9 Å². The zero-order valence-corrected chi connectivity index (χ0v) is 8.02. The van der Waals surface area contributed by atoms with Gasteiger partial charge >= 0.3 is 0 Å². The highest BCUT2D eigenvalue weighted by Gasteiger charge is 2.23. The zero-order valence-electron chi connectivity index (χ0n) is 8.02. The van der Waals surface area contributed by atoms with E-state index in [2.05, 4.69) is 25.8 Å². The molecule has 2 atom stereocenters. The van der Waals surface area contributed by atoms with Crippen LogP contribution < -0.4 is 0 Å². The number of likely N-dealkylation sites (tertiary alicyclic amines) is 1. The van der Waals surface area contributed by atoms with E-state index in [4.69, 9.17) is 0 Å². The number of hydrogen-bond donors (Lipinski definition) is 0. The van der Waals surface area contributed by atoms with Crippen LogP contribution in [0, 0.1) is 5.92 Å². The third-order valence-corrected chi connectivity index (χ3v) is 2.46. The molecule has 2 unspecified atom stereocenters. The van der Waals surface area contributed by atoms with E-state index in [0.29, 0.717) is 0 Å². The molecule has 0 aromatic heterocycles. The third kappa shape index (κ3) is 2.30. The summed E-state index contributed by atoms with van der Waals surface area (Å²) in [6.45, 7) is 9.92. The van der Waals surface area contributed by atoms with E-state index < -0.39 is 0 Å². The molecule has 1 aliphatic rings. The molecule has 0 bridgehead atoms. The van der Waals surface area contributed by atoms with Crippen molar-refractivity contribution in [2.24, 2.45) is 5.92 Å². The minimum atomic E-state index is 0.815. The summed E-state index contributed by atoms with van der Waals surface area (Å²) in [7, 11) is 2.20. The summed E-state index contributed by atoms with van der Waals surface area (Å²) in [6.07, 6.45) is 1.39. The predicted molar refractivity (Wildman–Crippen MR) is 47.2 cm³/mol. The summed E-state index contributed by atoms with van der Waals surface area (Å²) < 4.78 is 0. The molecule has 0 aromatic rings. The van der Waals surface area contributed by atoms with Crippen LogP contribution in [0.3, 0.4) is 0 Å². The first kappa shape index (κ1) is 9.96. The van der Waals surface area contributed by atoms with Gasteiger partial charge in [-0.25, -0.2) is 0 Å². The second-order valence-corrected chi connectivity index (χ2v) is 2.99. The minimum absolute atomic E-state index is 0.815. The molecule has 1 aliphatic heterocycles. The standard InChI is InChI=1S/C7H15N.C2H6/c1-6-4-5-8(3)7(6)2;1-2/h6-7H,4-5H2,1-3H3;1-2H3. The fraction of sp³-hybridized carbons (Fsp3) is 1.00. The van der Waals surface area contributed by atoms with E-state index >= 15 is 0 Å². The molecule has 1 nitrogen and oxygen atoms in total. The van der Waals surface area contributed by atoms with Gasteiger partial charge in [-0.3, -0.25) is 0 Å². The molecule has 1 fully saturated rings. The first-order chi connectivity index (χ1) is 4.72. The highest BCUT2D eigenvalue weighted by Crippen LogP contribution is 2.20. The first-order valence-electron chi connectivity index (χ1n) is 4.42. The summed E-state index contributed by atoms with van der Waals surface area (Å²) >= 11 is 0. The molecular weight excluding hydrogens is 122 g/mol. The summed E-state index contributed by atoms with van der Waals surface area (Å²) in [4.78, 5) is 2.42. The van der Waals surface area contributed by atoms with E-state index in [0.717, 1.165) is 12.0 Å². The van der Waals surface area contributed by atoms with E-state index in [1.807, 2.05) is 13.8 Å². The molecule has 0 spiro atoms. The highest BCUT2D eigenvalue weighted by molar-refractivity contribution is 4.77. The summed E-state index contributed by atoms with van der Waals surface area (Å²) in [5.74, 6) is 0.917. The Balaban J connectivity index is 0.000000371. The van der Waals surface area contributed by atoms with Crippen molar-refractivity contribution in [3.05, 3.63) is 0 Å². The van der Waals surface area contributed by atoms with Crippen molar-refractivity contribution in [3.63, 3.8) is 0 Å². The van der Waals surface area contributed by atoms with Crippen LogP contribution in [0.5, 0.6) is 0 Å². The van der Waals surface area contributed by atoms with E-state index in [9.17, 15) is 0 Å². The largest absolute Gasteiger partial charge is 0.303 e. The van der Waals surface area contributed by atoms with Crippen LogP contribution in [0.2, 0.25) is 0 Å². The lowest BCUT2D eigenvalue weighted by Gasteiger charge is -2.16. The molecule has 0 aromatic carbocycles. The average Bonchev–Trinajstić information content (AvgIpc) is 2.25. The molecule has 0 radical (unpaired) electrons. The SMILES string of the molecule is CC.CC1CCN(C)C1C. The second-order valence-electron chi connectivity index (χ2n) is 2.99. The fourth-order valence-electron chi connectivity index (χ4n) is 1.29. The summed E-state index contributed by atoms with van der Waals surface area (Å²) in [6, 6.07) is 0.815. The second kappa shape index (κ2) is 4.73. The number of hydrogen-bond acceptors (Lipinski definition) is 1. The molecule has 1 rings (SSSR count). The van der Waals surface area contributed by atoms with Crippen LogP contribution in [-0.4, -0.2) is 24.5 Å². The molecule has 1 saturated heterocycles. The third-order valence-electron chi connectivity index (χ3n) is 2.46. The lowest BCUT2D eigenvalue weighted by Crippen LogP contribution is -2.24. The lowest BCUT2D eigenvalue weighted by atomic mass is 10.1. The van der Waals surface area contributed by atoms with Gasteiger partial charge in [0.05, 0.1) is 0 Å². The monoisotopic (exact) mass is 143 g/mol. The minimum Gasteiger partial charge on any atom is -0.303 e. The van der Waals surface area contributed by atoms with Gasteiger partial charge in [0.25, 0.3) is 0 Å². The van der Waals surface area contributed by atoms with Gasteiger partial charge < -0.3 is 4.90 Å². The number of nitrogens with zero attached hydrogens (tertiary/aromatic N) is 1. The Morgan fingerprint density at radius 2 is 1.70 bits per heavy atom. The van der Waals surface area contributed by atoms with Crippen LogP contribution in [0.25, 0.3) is 0 Å². The quantitative estimate of drug-likeness (QED) is 0.503. The Labute approximate surface area is 65.4 Å². The summed E-state index contributed by atoms with van der Waals surface area (Å²) in [5.41, 5.74) is 0. The van der Waals surface area contributed by atoms with Crippen LogP contribution in [0.4, 0.5) is 0 Å². The Morgan fingerprint density at radius 3 is 1.80 bits per heavy atom. The smallest absolute Gasteiger partial charge is 0.00899 e. The summed E-state index contributed by atoms with van der Waals surface area (Å²) in [5, 5.41) is 0. The van der Waals surface area contributed by atoms with E-state index in [1.54, 1.807) is 0 Å². The van der Waals surface area contributed by atoms with E-state index in [-0.39, 0.29) is 0 Å². The molecular formula is C9H21N. The lowest BCUT2D eigenvalue weighted by molar-refractivity contribution is 0.301. The molecule has 1 heterocycles. The number of rotatable bonds is 0. The van der Waals surface area contributed by atoms with Crippen LogP contribution in [-0.2, 0) is 0 Å². The molecule has 0 aliphatic carbocycles. The zero-order chi connectivity index (χ0) is 8.15. The maximum Gasteiger partial charge on any atom is 0.00899 e. The van der Waals surface area contributed by atoms with Crippen LogP contribution >= 0.6 is 0 Å². The van der Waals surface area contributed by atoms with Gasteiger partial charge in [0.15, 0.2) is 0 Å². The van der Waals surface area contributed by atoms with Gasteiger partial charge in [0, 0.05) is 6.04 Å². The Kier molecular flexibility index (Phi) is 4.71. The molecule has 0 saturated carbocycles. The van der Waals surface area contributed by atoms with Crippen molar-refractivity contribution in [1.29, 1.82) is 0 Å². The van der Waals surface area contributed by atoms with Crippen molar-refractivity contribution in [3.8, 4) is 0 Å². The maximum atomic E-state index is 2.42. The van der Waals surface area contributed by atoms with Gasteiger partial charge in [-0.15, -0.1) is 0 Å². The van der Waals surface area contributed by atoms with Gasteiger partial charge in [0.1, 0.15) is 0 Å². The van der Waals surface area contributed by atoms with Crippen molar-refractivity contribution >= 4 is 0 Å². The van der Waals surface area contributed by atoms with Gasteiger partial charge in [-0.2, -0.15) is 0 Å². The van der Waals surface area contributed by atoms with Crippen molar-refractivity contribution in [1.82, 2.24) is 4.90 Å². The van der Waals surface area contributed by atoms with Gasteiger partial charge in [0.2, 0.25) is 0 Å². The molecule has 0 N–H and O–H groups in total. The average molecular weight is 143 g/mol. The Morgan fingerprint density at radius 1 is 1.20 bits per heavy atom. The van der Waals surface area contributed by atoms with Crippen LogP contribution in [0.15, 0.2) is 0 Å². The predicted octanol–water partition coefficient (Wildman–Crippen LogP) is 2.37. The van der Waals surface area contributed by atoms with Crippen LogP contribution in [0.1, 0.15) is 34.1 Å². The molecule has 1 heteroatoms. The van der Waals surface area contributed by atoms with Gasteiger partial charge in [-0.1, -0.05) is 20.8 Å². The molecule has 10 heavy (non-hydrogen) atoms. The topological polar surface area (TPSA) is 3.24 Å². The molecule has 0 amide bonds. The van der Waals surface area contributed by atoms with Crippen molar-refractivity contribution in [2.75, 3.05) is 13.6 Å². The fourth-order valence-corrected chi connectivity index (χ4v) is 1.29. The first-order valence-corrected chi connectivity index (χ1v) is 4.42. The van der Waals surface area contributed by atoms with Crippen molar-refractivity contribution in [2.45, 2.75) is 40.2 Å². The Hall–Kier alpha value is -0.0400. The normalized spacial score (nSPS) is 33.3. The Bertz CT molecular complexity index is 70.8.